The Morgan fingerprint density at radius 2 is 1.82 bits per heavy atom. The summed E-state index contributed by atoms with van der Waals surface area (Å²) in [5.74, 6) is -1.01. The van der Waals surface area contributed by atoms with Crippen LogP contribution in [0.25, 0.3) is 0 Å². The molecule has 0 amide bonds. The molecule has 0 fully saturated rings. The maximum absolute atomic E-state index is 11.3. The topological polar surface area (TPSA) is 37.3 Å². The lowest BCUT2D eigenvalue weighted by atomic mass is 9.97. The molecule has 1 aromatic carbocycles. The predicted molar refractivity (Wildman–Crippen MR) is 73.5 cm³/mol. The van der Waals surface area contributed by atoms with Gasteiger partial charge in [-0.2, -0.15) is 11.8 Å². The monoisotopic (exact) mass is 252 g/mol. The van der Waals surface area contributed by atoms with Crippen LogP contribution in [0.4, 0.5) is 0 Å². The van der Waals surface area contributed by atoms with Gasteiger partial charge in [0.2, 0.25) is 0 Å². The SMILES string of the molecule is CC(C)SC(C)C(Cc1ccccc1)C(=O)O. The number of rotatable bonds is 6. The van der Waals surface area contributed by atoms with Gasteiger partial charge in [0.1, 0.15) is 0 Å². The van der Waals surface area contributed by atoms with Crippen LogP contribution in [0.3, 0.4) is 0 Å². The number of hydrogen-bond acceptors (Lipinski definition) is 2. The van der Waals surface area contributed by atoms with Gasteiger partial charge in [0.15, 0.2) is 0 Å². The Labute approximate surface area is 107 Å². The molecule has 0 radical (unpaired) electrons. The summed E-state index contributed by atoms with van der Waals surface area (Å²) >= 11 is 1.73. The van der Waals surface area contributed by atoms with Crippen LogP contribution in [0.2, 0.25) is 0 Å². The van der Waals surface area contributed by atoms with Crippen LogP contribution in [0.5, 0.6) is 0 Å². The van der Waals surface area contributed by atoms with Crippen molar-refractivity contribution in [3.63, 3.8) is 0 Å². The third kappa shape index (κ3) is 4.82. The van der Waals surface area contributed by atoms with Crippen LogP contribution >= 0.6 is 11.8 Å². The average Bonchev–Trinajstić information content (AvgIpc) is 2.25. The summed E-state index contributed by atoms with van der Waals surface area (Å²) in [4.78, 5) is 11.3. The van der Waals surface area contributed by atoms with Crippen LogP contribution in [-0.2, 0) is 11.2 Å². The predicted octanol–water partition coefficient (Wildman–Crippen LogP) is 3.46. The second kappa shape index (κ2) is 6.70. The molecule has 1 N–H and O–H groups in total. The quantitative estimate of drug-likeness (QED) is 0.842. The Kier molecular flexibility index (Phi) is 5.56. The third-order valence-corrected chi connectivity index (χ3v) is 3.97. The lowest BCUT2D eigenvalue weighted by Crippen LogP contribution is -2.26. The van der Waals surface area contributed by atoms with Gasteiger partial charge in [0, 0.05) is 5.25 Å². The summed E-state index contributed by atoms with van der Waals surface area (Å²) in [5.41, 5.74) is 1.09. The van der Waals surface area contributed by atoms with Crippen molar-refractivity contribution >= 4 is 17.7 Å². The smallest absolute Gasteiger partial charge is 0.307 e. The van der Waals surface area contributed by atoms with Crippen molar-refractivity contribution in [1.82, 2.24) is 0 Å². The van der Waals surface area contributed by atoms with Crippen LogP contribution < -0.4 is 0 Å². The molecule has 1 aromatic rings. The molecule has 2 nitrogen and oxygen atoms in total. The highest BCUT2D eigenvalue weighted by Crippen LogP contribution is 2.26. The van der Waals surface area contributed by atoms with Gasteiger partial charge in [-0.15, -0.1) is 0 Å². The minimum Gasteiger partial charge on any atom is -0.481 e. The molecule has 0 aliphatic heterocycles. The van der Waals surface area contributed by atoms with Gasteiger partial charge in [-0.3, -0.25) is 4.79 Å². The Balaban J connectivity index is 2.70. The molecule has 17 heavy (non-hydrogen) atoms. The van der Waals surface area contributed by atoms with Crippen LogP contribution in [0, 0.1) is 5.92 Å². The summed E-state index contributed by atoms with van der Waals surface area (Å²) in [7, 11) is 0. The Hall–Kier alpha value is -0.960. The molecule has 0 aromatic heterocycles. The van der Waals surface area contributed by atoms with Crippen molar-refractivity contribution < 1.29 is 9.90 Å². The van der Waals surface area contributed by atoms with Gasteiger partial charge in [-0.25, -0.2) is 0 Å². The van der Waals surface area contributed by atoms with Crippen molar-refractivity contribution in [2.24, 2.45) is 5.92 Å². The molecule has 0 saturated carbocycles. The number of aliphatic carboxylic acids is 1. The number of hydrogen-bond donors (Lipinski definition) is 1. The first kappa shape index (κ1) is 14.1. The van der Waals surface area contributed by atoms with Crippen molar-refractivity contribution in [3.8, 4) is 0 Å². The second-order valence-corrected chi connectivity index (χ2v) is 6.48. The van der Waals surface area contributed by atoms with E-state index >= 15 is 0 Å². The fourth-order valence-corrected chi connectivity index (χ4v) is 3.11. The Morgan fingerprint density at radius 3 is 2.29 bits per heavy atom. The molecular weight excluding hydrogens is 232 g/mol. The highest BCUT2D eigenvalue weighted by Gasteiger charge is 2.25. The number of carboxylic acid groups (broad SMARTS) is 1. The number of carbonyl (C=O) groups is 1. The molecule has 0 saturated heterocycles. The maximum Gasteiger partial charge on any atom is 0.307 e. The highest BCUT2D eigenvalue weighted by molar-refractivity contribution is 8.00. The zero-order chi connectivity index (χ0) is 12.8. The summed E-state index contributed by atoms with van der Waals surface area (Å²) in [6, 6.07) is 9.83. The fourth-order valence-electron chi connectivity index (χ4n) is 1.85. The maximum atomic E-state index is 11.3. The lowest BCUT2D eigenvalue weighted by Gasteiger charge is -2.21. The normalized spacial score (nSPS) is 14.6. The first-order chi connectivity index (χ1) is 8.00. The van der Waals surface area contributed by atoms with Crippen molar-refractivity contribution in [3.05, 3.63) is 35.9 Å². The highest BCUT2D eigenvalue weighted by atomic mass is 32.2. The standard InChI is InChI=1S/C14H20O2S/c1-10(2)17-11(3)13(14(15)16)9-12-7-5-4-6-8-12/h4-8,10-11,13H,9H2,1-3H3,(H,15,16). The molecule has 0 aliphatic rings. The van der Waals surface area contributed by atoms with E-state index in [2.05, 4.69) is 13.8 Å². The largest absolute Gasteiger partial charge is 0.481 e. The first-order valence-corrected chi connectivity index (χ1v) is 6.87. The summed E-state index contributed by atoms with van der Waals surface area (Å²) in [5, 5.41) is 9.90. The summed E-state index contributed by atoms with van der Waals surface area (Å²) < 4.78 is 0. The molecule has 2 atom stereocenters. The molecule has 0 heterocycles. The van der Waals surface area contributed by atoms with Gasteiger partial charge in [-0.1, -0.05) is 51.1 Å². The van der Waals surface area contributed by atoms with E-state index in [0.717, 1.165) is 5.56 Å². The van der Waals surface area contributed by atoms with Crippen molar-refractivity contribution in [2.45, 2.75) is 37.7 Å². The molecule has 2 unspecified atom stereocenters. The first-order valence-electron chi connectivity index (χ1n) is 5.93. The van der Waals surface area contributed by atoms with Crippen LogP contribution in [0.15, 0.2) is 30.3 Å². The van der Waals surface area contributed by atoms with Crippen LogP contribution in [-0.4, -0.2) is 21.6 Å². The van der Waals surface area contributed by atoms with E-state index in [-0.39, 0.29) is 11.2 Å². The summed E-state index contributed by atoms with van der Waals surface area (Å²) in [6.45, 7) is 6.21. The number of thioether (sulfide) groups is 1. The third-order valence-electron chi connectivity index (χ3n) is 2.67. The molecule has 3 heteroatoms. The molecule has 94 valence electrons. The Morgan fingerprint density at radius 1 is 1.24 bits per heavy atom. The van der Waals surface area contributed by atoms with E-state index in [0.29, 0.717) is 11.7 Å². The average molecular weight is 252 g/mol. The van der Waals surface area contributed by atoms with E-state index in [1.54, 1.807) is 11.8 Å². The van der Waals surface area contributed by atoms with Gasteiger partial charge in [0.05, 0.1) is 5.92 Å². The van der Waals surface area contributed by atoms with E-state index in [1.165, 1.54) is 0 Å². The molecule has 0 bridgehead atoms. The molecular formula is C14H20O2S. The molecule has 0 spiro atoms. The fraction of sp³-hybridized carbons (Fsp3) is 0.500. The minimum absolute atomic E-state index is 0.132. The van der Waals surface area contributed by atoms with E-state index in [1.807, 2.05) is 37.3 Å². The van der Waals surface area contributed by atoms with E-state index in [9.17, 15) is 9.90 Å². The zero-order valence-electron chi connectivity index (χ0n) is 10.6. The van der Waals surface area contributed by atoms with Gasteiger partial charge >= 0.3 is 5.97 Å². The zero-order valence-corrected chi connectivity index (χ0v) is 11.4. The van der Waals surface area contributed by atoms with E-state index in [4.69, 9.17) is 0 Å². The molecule has 0 aliphatic carbocycles. The second-order valence-electron chi connectivity index (χ2n) is 4.52. The van der Waals surface area contributed by atoms with E-state index < -0.39 is 5.97 Å². The van der Waals surface area contributed by atoms with Crippen molar-refractivity contribution in [1.29, 1.82) is 0 Å². The Bertz CT molecular complexity index is 348. The van der Waals surface area contributed by atoms with Gasteiger partial charge in [-0.05, 0) is 17.2 Å². The summed E-state index contributed by atoms with van der Waals surface area (Å²) in [6.07, 6.45) is 0.608. The van der Waals surface area contributed by atoms with Crippen LogP contribution in [0.1, 0.15) is 26.3 Å². The number of benzene rings is 1. The number of carboxylic acids is 1. The lowest BCUT2D eigenvalue weighted by molar-refractivity contribution is -0.141. The van der Waals surface area contributed by atoms with Crippen molar-refractivity contribution in [2.75, 3.05) is 0 Å². The minimum atomic E-state index is -0.700. The van der Waals surface area contributed by atoms with Gasteiger partial charge < -0.3 is 5.11 Å². The molecule has 1 rings (SSSR count). The van der Waals surface area contributed by atoms with Gasteiger partial charge in [0.25, 0.3) is 0 Å².